The van der Waals surface area contributed by atoms with Crippen molar-refractivity contribution in [3.05, 3.63) is 24.2 Å². The molecular formula is C11H18N2O4S. The van der Waals surface area contributed by atoms with Crippen molar-refractivity contribution in [3.63, 3.8) is 0 Å². The third-order valence-corrected chi connectivity index (χ3v) is 3.59. The van der Waals surface area contributed by atoms with E-state index in [0.29, 0.717) is 19.8 Å². The summed E-state index contributed by atoms with van der Waals surface area (Å²) in [7, 11) is -3.20. The van der Waals surface area contributed by atoms with Crippen molar-refractivity contribution >= 4 is 10.0 Å². The smallest absolute Gasteiger partial charge is 0.208 e. The van der Waals surface area contributed by atoms with Crippen LogP contribution in [-0.2, 0) is 14.8 Å². The number of morpholine rings is 1. The number of furan rings is 1. The molecule has 1 atom stereocenters. The van der Waals surface area contributed by atoms with Crippen LogP contribution < -0.4 is 4.72 Å². The lowest BCUT2D eigenvalue weighted by molar-refractivity contribution is 0.0128. The number of ether oxygens (including phenoxy) is 1. The van der Waals surface area contributed by atoms with Gasteiger partial charge in [-0.05, 0) is 12.1 Å². The van der Waals surface area contributed by atoms with E-state index >= 15 is 0 Å². The van der Waals surface area contributed by atoms with Gasteiger partial charge < -0.3 is 9.15 Å². The zero-order chi connectivity index (χ0) is 13.0. The van der Waals surface area contributed by atoms with E-state index in [-0.39, 0.29) is 6.04 Å². The highest BCUT2D eigenvalue weighted by atomic mass is 32.2. The minimum atomic E-state index is -3.20. The van der Waals surface area contributed by atoms with Crippen LogP contribution in [0.2, 0.25) is 0 Å². The van der Waals surface area contributed by atoms with Crippen LogP contribution in [0.15, 0.2) is 22.8 Å². The number of nitrogens with zero attached hydrogens (tertiary/aromatic N) is 1. The first-order valence-electron chi connectivity index (χ1n) is 5.86. The van der Waals surface area contributed by atoms with E-state index < -0.39 is 10.0 Å². The van der Waals surface area contributed by atoms with Crippen LogP contribution in [0.25, 0.3) is 0 Å². The summed E-state index contributed by atoms with van der Waals surface area (Å²) in [6, 6.07) is 3.59. The normalized spacial score (nSPS) is 19.8. The number of rotatable bonds is 5. The van der Waals surface area contributed by atoms with Gasteiger partial charge in [-0.3, -0.25) is 4.90 Å². The Kier molecular flexibility index (Phi) is 4.39. The van der Waals surface area contributed by atoms with E-state index in [2.05, 4.69) is 9.62 Å². The van der Waals surface area contributed by atoms with Crippen LogP contribution in [0.1, 0.15) is 11.8 Å². The van der Waals surface area contributed by atoms with E-state index in [1.807, 2.05) is 12.1 Å². The fourth-order valence-electron chi connectivity index (χ4n) is 2.01. The van der Waals surface area contributed by atoms with Gasteiger partial charge in [-0.1, -0.05) is 0 Å². The molecule has 1 aliphatic heterocycles. The summed E-state index contributed by atoms with van der Waals surface area (Å²) in [5, 5.41) is 0. The predicted octanol–water partition coefficient (Wildman–Crippen LogP) is 0.202. The highest BCUT2D eigenvalue weighted by Gasteiger charge is 2.25. The molecule has 0 spiro atoms. The van der Waals surface area contributed by atoms with E-state index in [1.54, 1.807) is 6.26 Å². The Hall–Kier alpha value is -0.890. The Morgan fingerprint density at radius 3 is 2.72 bits per heavy atom. The summed E-state index contributed by atoms with van der Waals surface area (Å²) < 4.78 is 35.6. The zero-order valence-corrected chi connectivity index (χ0v) is 11.1. The molecule has 0 bridgehead atoms. The number of hydrogen-bond donors (Lipinski definition) is 1. The summed E-state index contributed by atoms with van der Waals surface area (Å²) in [6.45, 7) is 3.19. The summed E-state index contributed by atoms with van der Waals surface area (Å²) in [4.78, 5) is 2.17. The van der Waals surface area contributed by atoms with Gasteiger partial charge in [-0.2, -0.15) is 0 Å². The molecule has 1 N–H and O–H groups in total. The zero-order valence-electron chi connectivity index (χ0n) is 10.3. The standard InChI is InChI=1S/C11H18N2O4S/c1-18(14,15)12-9-10(11-3-2-6-17-11)13-4-7-16-8-5-13/h2-3,6,10,12H,4-5,7-9H2,1H3/t10-/m0/s1. The fraction of sp³-hybridized carbons (Fsp3) is 0.636. The summed E-state index contributed by atoms with van der Waals surface area (Å²) >= 11 is 0. The molecule has 0 radical (unpaired) electrons. The van der Waals surface area contributed by atoms with Gasteiger partial charge in [0.05, 0.1) is 31.8 Å². The molecule has 102 valence electrons. The molecule has 1 saturated heterocycles. The molecule has 0 saturated carbocycles. The Balaban J connectivity index is 2.07. The quantitative estimate of drug-likeness (QED) is 0.830. The number of sulfonamides is 1. The first kappa shape index (κ1) is 13.5. The molecule has 2 rings (SSSR count). The second-order valence-corrected chi connectivity index (χ2v) is 6.13. The van der Waals surface area contributed by atoms with Crippen molar-refractivity contribution in [2.24, 2.45) is 0 Å². The lowest BCUT2D eigenvalue weighted by Gasteiger charge is -2.33. The van der Waals surface area contributed by atoms with Crippen LogP contribution in [-0.4, -0.2) is 52.4 Å². The van der Waals surface area contributed by atoms with Gasteiger partial charge >= 0.3 is 0 Å². The molecule has 7 heteroatoms. The maximum Gasteiger partial charge on any atom is 0.208 e. The van der Waals surface area contributed by atoms with Gasteiger partial charge in [0.25, 0.3) is 0 Å². The highest BCUT2D eigenvalue weighted by molar-refractivity contribution is 7.88. The molecule has 0 unspecified atom stereocenters. The minimum absolute atomic E-state index is 0.0846. The fourth-order valence-corrected chi connectivity index (χ4v) is 2.47. The van der Waals surface area contributed by atoms with Crippen molar-refractivity contribution in [3.8, 4) is 0 Å². The first-order valence-corrected chi connectivity index (χ1v) is 7.75. The molecule has 1 fully saturated rings. The Labute approximate surface area is 107 Å². The number of hydrogen-bond acceptors (Lipinski definition) is 5. The van der Waals surface area contributed by atoms with E-state index in [1.165, 1.54) is 0 Å². The van der Waals surface area contributed by atoms with Gasteiger partial charge in [0.1, 0.15) is 5.76 Å². The molecule has 2 heterocycles. The molecule has 6 nitrogen and oxygen atoms in total. The molecule has 1 aliphatic rings. The van der Waals surface area contributed by atoms with Gasteiger partial charge in [0, 0.05) is 19.6 Å². The minimum Gasteiger partial charge on any atom is -0.468 e. The predicted molar refractivity (Wildman–Crippen MR) is 66.7 cm³/mol. The average Bonchev–Trinajstić information content (AvgIpc) is 2.83. The third-order valence-electron chi connectivity index (χ3n) is 2.90. The van der Waals surface area contributed by atoms with Crippen LogP contribution in [0, 0.1) is 0 Å². The summed E-state index contributed by atoms with van der Waals surface area (Å²) in [6.07, 6.45) is 2.76. The van der Waals surface area contributed by atoms with Crippen molar-refractivity contribution in [2.75, 3.05) is 39.1 Å². The van der Waals surface area contributed by atoms with Crippen molar-refractivity contribution < 1.29 is 17.6 Å². The topological polar surface area (TPSA) is 71.8 Å². The Bertz CT molecular complexity index is 451. The van der Waals surface area contributed by atoms with E-state index in [9.17, 15) is 8.42 Å². The summed E-state index contributed by atoms with van der Waals surface area (Å²) in [5.41, 5.74) is 0. The van der Waals surface area contributed by atoms with Crippen LogP contribution in [0.3, 0.4) is 0 Å². The van der Waals surface area contributed by atoms with Crippen LogP contribution >= 0.6 is 0 Å². The Morgan fingerprint density at radius 1 is 1.44 bits per heavy atom. The molecule has 0 aliphatic carbocycles. The highest BCUT2D eigenvalue weighted by Crippen LogP contribution is 2.21. The van der Waals surface area contributed by atoms with Gasteiger partial charge in [-0.15, -0.1) is 0 Å². The van der Waals surface area contributed by atoms with Crippen molar-refractivity contribution in [1.82, 2.24) is 9.62 Å². The van der Waals surface area contributed by atoms with Crippen LogP contribution in [0.5, 0.6) is 0 Å². The molecule has 18 heavy (non-hydrogen) atoms. The third kappa shape index (κ3) is 3.81. The summed E-state index contributed by atoms with van der Waals surface area (Å²) in [5.74, 6) is 0.771. The lowest BCUT2D eigenvalue weighted by Crippen LogP contribution is -2.43. The second kappa shape index (κ2) is 5.83. The van der Waals surface area contributed by atoms with E-state index in [4.69, 9.17) is 9.15 Å². The second-order valence-electron chi connectivity index (χ2n) is 4.30. The van der Waals surface area contributed by atoms with Crippen LogP contribution in [0.4, 0.5) is 0 Å². The maximum atomic E-state index is 11.2. The SMILES string of the molecule is CS(=O)(=O)NC[C@@H](c1ccco1)N1CCOCC1. The largest absolute Gasteiger partial charge is 0.468 e. The van der Waals surface area contributed by atoms with Gasteiger partial charge in [-0.25, -0.2) is 13.1 Å². The number of nitrogens with one attached hydrogen (secondary N) is 1. The van der Waals surface area contributed by atoms with Crippen molar-refractivity contribution in [1.29, 1.82) is 0 Å². The monoisotopic (exact) mass is 274 g/mol. The molecular weight excluding hydrogens is 256 g/mol. The first-order chi connectivity index (χ1) is 8.56. The van der Waals surface area contributed by atoms with Gasteiger partial charge in [0.15, 0.2) is 0 Å². The molecule has 0 aromatic carbocycles. The molecule has 0 amide bonds. The average molecular weight is 274 g/mol. The van der Waals surface area contributed by atoms with Gasteiger partial charge in [0.2, 0.25) is 10.0 Å². The van der Waals surface area contributed by atoms with E-state index in [0.717, 1.165) is 25.1 Å². The lowest BCUT2D eigenvalue weighted by atomic mass is 10.2. The van der Waals surface area contributed by atoms with Crippen molar-refractivity contribution in [2.45, 2.75) is 6.04 Å². The Morgan fingerprint density at radius 2 is 2.17 bits per heavy atom. The molecule has 1 aromatic heterocycles. The molecule has 1 aromatic rings. The maximum absolute atomic E-state index is 11.2.